The summed E-state index contributed by atoms with van der Waals surface area (Å²) >= 11 is 0. The fourth-order valence-corrected chi connectivity index (χ4v) is 8.14. The minimum Gasteiger partial charge on any atom is -0.298 e. The van der Waals surface area contributed by atoms with Crippen molar-refractivity contribution in [3.63, 3.8) is 0 Å². The zero-order chi connectivity index (χ0) is 29.1. The summed E-state index contributed by atoms with van der Waals surface area (Å²) in [6, 6.07) is 43.0. The molecule has 0 spiro atoms. The van der Waals surface area contributed by atoms with Crippen LogP contribution < -0.4 is 0 Å². The molecule has 44 heavy (non-hydrogen) atoms. The summed E-state index contributed by atoms with van der Waals surface area (Å²) in [4.78, 5) is 23.8. The lowest BCUT2D eigenvalue weighted by Crippen LogP contribution is -1.93. The lowest BCUT2D eigenvalue weighted by Gasteiger charge is -2.19. The summed E-state index contributed by atoms with van der Waals surface area (Å²) in [5, 5.41) is 18.8. The van der Waals surface area contributed by atoms with E-state index in [4.69, 9.17) is 0 Å². The third-order valence-corrected chi connectivity index (χ3v) is 9.93. The molecule has 0 unspecified atom stereocenters. The van der Waals surface area contributed by atoms with Gasteiger partial charge in [0.05, 0.1) is 0 Å². The van der Waals surface area contributed by atoms with Gasteiger partial charge in [-0.1, -0.05) is 121 Å². The Bertz CT molecular complexity index is 2620. The van der Waals surface area contributed by atoms with E-state index in [0.717, 1.165) is 45.2 Å². The van der Waals surface area contributed by atoms with Crippen LogP contribution in [0.2, 0.25) is 0 Å². The second-order valence-electron chi connectivity index (χ2n) is 11.9. The van der Waals surface area contributed by atoms with Gasteiger partial charge in [0, 0.05) is 11.1 Å². The first-order chi connectivity index (χ1) is 21.8. The molecule has 0 saturated carbocycles. The van der Waals surface area contributed by atoms with E-state index in [1.165, 1.54) is 75.8 Å². The Hall–Kier alpha value is -5.86. The van der Waals surface area contributed by atoms with Crippen LogP contribution in [0.15, 0.2) is 121 Å². The Kier molecular flexibility index (Phi) is 4.50. The molecule has 10 aromatic rings. The number of carbonyl (C=O) groups excluding carboxylic acids is 2. The summed E-state index contributed by atoms with van der Waals surface area (Å²) in [6.07, 6.45) is 1.92. The van der Waals surface area contributed by atoms with Gasteiger partial charge in [0.25, 0.3) is 0 Å². The fourth-order valence-electron chi connectivity index (χ4n) is 8.14. The maximum atomic E-state index is 11.9. The third-order valence-electron chi connectivity index (χ3n) is 9.93. The first-order valence-electron chi connectivity index (χ1n) is 14.9. The van der Waals surface area contributed by atoms with Crippen molar-refractivity contribution in [2.24, 2.45) is 0 Å². The first kappa shape index (κ1) is 23.7. The van der Waals surface area contributed by atoms with Crippen LogP contribution in [0.3, 0.4) is 0 Å². The number of hydrogen-bond donors (Lipinski definition) is 0. The zero-order valence-electron chi connectivity index (χ0n) is 23.5. The highest BCUT2D eigenvalue weighted by molar-refractivity contribution is 6.37. The predicted octanol–water partition coefficient (Wildman–Crippen LogP) is 11.1. The summed E-state index contributed by atoms with van der Waals surface area (Å²) in [5.41, 5.74) is 3.85. The molecule has 0 N–H and O–H groups in total. The Morgan fingerprint density at radius 2 is 0.545 bits per heavy atom. The van der Waals surface area contributed by atoms with Crippen molar-refractivity contribution >= 4 is 98.8 Å². The molecule has 0 fully saturated rings. The van der Waals surface area contributed by atoms with Gasteiger partial charge in [-0.05, 0) is 97.3 Å². The third kappa shape index (κ3) is 2.80. The molecule has 0 amide bonds. The fraction of sp³-hybridized carbons (Fsp3) is 0. The highest BCUT2D eigenvalue weighted by atomic mass is 16.1. The van der Waals surface area contributed by atoms with Gasteiger partial charge in [0.1, 0.15) is 0 Å². The van der Waals surface area contributed by atoms with Gasteiger partial charge in [-0.2, -0.15) is 0 Å². The summed E-state index contributed by atoms with van der Waals surface area (Å²) in [6.45, 7) is 0. The van der Waals surface area contributed by atoms with Crippen molar-refractivity contribution in [1.29, 1.82) is 0 Å². The summed E-state index contributed by atoms with van der Waals surface area (Å²) in [7, 11) is 0. The standard InChI is InChI=1S/C42H22O2/c43-21-23-13-15-35-33-11-3-7-29-27(17-19-37(41(29)33)31-9-1-5-25(23)39(31)35)28-18-20-38-32-10-2-6-26-24(22-44)14-16-36(40(26)32)34-12-4-8-30(28)42(34)38/h1-22H. The Morgan fingerprint density at radius 3 is 0.909 bits per heavy atom. The van der Waals surface area contributed by atoms with Crippen LogP contribution in [0, 0.1) is 0 Å². The summed E-state index contributed by atoms with van der Waals surface area (Å²) < 4.78 is 0. The van der Waals surface area contributed by atoms with E-state index >= 15 is 0 Å². The quantitative estimate of drug-likeness (QED) is 0.123. The second-order valence-corrected chi connectivity index (χ2v) is 11.9. The Labute approximate surface area is 251 Å². The molecule has 0 aliphatic heterocycles. The minimum absolute atomic E-state index is 0.723. The van der Waals surface area contributed by atoms with E-state index in [0.29, 0.717) is 0 Å². The maximum Gasteiger partial charge on any atom is 0.150 e. The molecule has 2 heteroatoms. The number of hydrogen-bond acceptors (Lipinski definition) is 2. The van der Waals surface area contributed by atoms with Crippen LogP contribution in [0.5, 0.6) is 0 Å². The van der Waals surface area contributed by atoms with Crippen LogP contribution in [0.4, 0.5) is 0 Å². The van der Waals surface area contributed by atoms with Crippen molar-refractivity contribution in [2.45, 2.75) is 0 Å². The molecule has 10 aromatic carbocycles. The average molecular weight is 559 g/mol. The second kappa shape index (κ2) is 8.37. The van der Waals surface area contributed by atoms with Gasteiger partial charge >= 0.3 is 0 Å². The molecule has 0 atom stereocenters. The van der Waals surface area contributed by atoms with Crippen molar-refractivity contribution in [3.8, 4) is 11.1 Å². The molecule has 202 valence electrons. The first-order valence-corrected chi connectivity index (χ1v) is 14.9. The van der Waals surface area contributed by atoms with Crippen molar-refractivity contribution in [1.82, 2.24) is 0 Å². The average Bonchev–Trinajstić information content (AvgIpc) is 3.08. The number of fused-ring (bicyclic) bond motifs is 4. The molecule has 0 aromatic heterocycles. The van der Waals surface area contributed by atoms with Crippen LogP contribution in [-0.2, 0) is 0 Å². The Morgan fingerprint density at radius 1 is 0.273 bits per heavy atom. The van der Waals surface area contributed by atoms with E-state index in [1.54, 1.807) is 0 Å². The van der Waals surface area contributed by atoms with Gasteiger partial charge in [0.15, 0.2) is 12.6 Å². The molecule has 0 saturated heterocycles. The monoisotopic (exact) mass is 558 g/mol. The lowest BCUT2D eigenvalue weighted by molar-refractivity contribution is 0.111. The van der Waals surface area contributed by atoms with Crippen molar-refractivity contribution < 1.29 is 9.59 Å². The molecular weight excluding hydrogens is 536 g/mol. The van der Waals surface area contributed by atoms with Crippen molar-refractivity contribution in [2.75, 3.05) is 0 Å². The van der Waals surface area contributed by atoms with E-state index in [2.05, 4.69) is 109 Å². The number of benzene rings is 10. The van der Waals surface area contributed by atoms with Gasteiger partial charge in [-0.25, -0.2) is 0 Å². The summed E-state index contributed by atoms with van der Waals surface area (Å²) in [5.74, 6) is 0. The molecule has 0 aliphatic rings. The van der Waals surface area contributed by atoms with E-state index in [-0.39, 0.29) is 0 Å². The molecule has 2 nitrogen and oxygen atoms in total. The van der Waals surface area contributed by atoms with Gasteiger partial charge < -0.3 is 0 Å². The number of aldehydes is 2. The number of carbonyl (C=O) groups is 2. The minimum atomic E-state index is 0.723. The molecule has 10 rings (SSSR count). The molecule has 0 bridgehead atoms. The van der Waals surface area contributed by atoms with Gasteiger partial charge in [0.2, 0.25) is 0 Å². The van der Waals surface area contributed by atoms with Gasteiger partial charge in [-0.15, -0.1) is 0 Å². The van der Waals surface area contributed by atoms with E-state index in [9.17, 15) is 9.59 Å². The van der Waals surface area contributed by atoms with E-state index < -0.39 is 0 Å². The SMILES string of the molecule is O=Cc1ccc2c3cccc4c(-c5ccc6c7cccc8c(C=O)ccc(c9cccc5c96)c87)ccc(c5cccc1c25)c43. The van der Waals surface area contributed by atoms with Gasteiger partial charge in [-0.3, -0.25) is 9.59 Å². The molecule has 0 aliphatic carbocycles. The van der Waals surface area contributed by atoms with Crippen molar-refractivity contribution in [3.05, 3.63) is 132 Å². The number of rotatable bonds is 3. The predicted molar refractivity (Wildman–Crippen MR) is 185 cm³/mol. The highest BCUT2D eigenvalue weighted by Gasteiger charge is 2.20. The Balaban J connectivity index is 1.35. The normalized spacial score (nSPS) is 12.3. The van der Waals surface area contributed by atoms with Crippen LogP contribution >= 0.6 is 0 Å². The highest BCUT2D eigenvalue weighted by Crippen LogP contribution is 2.47. The van der Waals surface area contributed by atoms with E-state index in [1.807, 2.05) is 12.1 Å². The molecule has 0 heterocycles. The van der Waals surface area contributed by atoms with Crippen LogP contribution in [0.25, 0.3) is 97.3 Å². The molecule has 0 radical (unpaired) electrons. The molecular formula is C42H22O2. The van der Waals surface area contributed by atoms with Crippen LogP contribution in [0.1, 0.15) is 20.7 Å². The largest absolute Gasteiger partial charge is 0.298 e. The maximum absolute atomic E-state index is 11.9. The topological polar surface area (TPSA) is 34.1 Å². The lowest BCUT2D eigenvalue weighted by atomic mass is 9.83. The van der Waals surface area contributed by atoms with Crippen LogP contribution in [-0.4, -0.2) is 12.6 Å². The zero-order valence-corrected chi connectivity index (χ0v) is 23.5. The smallest absolute Gasteiger partial charge is 0.150 e.